The fourth-order valence-corrected chi connectivity index (χ4v) is 3.41. The van der Waals surface area contributed by atoms with Gasteiger partial charge in [-0.05, 0) is 56.4 Å². The number of rotatable bonds is 3. The van der Waals surface area contributed by atoms with Gasteiger partial charge in [-0.25, -0.2) is 0 Å². The summed E-state index contributed by atoms with van der Waals surface area (Å²) in [6, 6.07) is 5.27. The highest BCUT2D eigenvalue weighted by molar-refractivity contribution is 5.71. The van der Waals surface area contributed by atoms with Gasteiger partial charge in [0.15, 0.2) is 0 Å². The van der Waals surface area contributed by atoms with E-state index in [-0.39, 0.29) is 16.3 Å². The minimum absolute atomic E-state index is 0.0648. The minimum Gasteiger partial charge on any atom is -0.398 e. The molecule has 0 radical (unpaired) electrons. The van der Waals surface area contributed by atoms with Crippen molar-refractivity contribution in [3.05, 3.63) is 61.4 Å². The highest BCUT2D eigenvalue weighted by Crippen LogP contribution is 2.33. The first-order valence-electron chi connectivity index (χ1n) is 11.3. The number of aryl methyl sites for hydroxylation is 2. The minimum atomic E-state index is -0.855. The first kappa shape index (κ1) is 27.7. The van der Waals surface area contributed by atoms with Crippen LogP contribution in [0.5, 0.6) is 0 Å². The number of hydrogen-bond acceptors (Lipinski definition) is 9. The quantitative estimate of drug-likeness (QED) is 0.364. The van der Waals surface area contributed by atoms with Crippen molar-refractivity contribution >= 4 is 28.4 Å². The van der Waals surface area contributed by atoms with E-state index in [1.165, 1.54) is 25.3 Å². The summed E-state index contributed by atoms with van der Waals surface area (Å²) in [6.07, 6.45) is 3.93. The molecule has 0 aliphatic carbocycles. The molecule has 0 unspecified atom stereocenters. The molecule has 2 aromatic carbocycles. The number of nitro groups is 2. The van der Waals surface area contributed by atoms with Crippen molar-refractivity contribution in [2.24, 2.45) is 0 Å². The fourth-order valence-electron chi connectivity index (χ4n) is 3.41. The molecule has 2 aliphatic rings. The van der Waals surface area contributed by atoms with Gasteiger partial charge in [-0.2, -0.15) is 4.39 Å². The smallest absolute Gasteiger partial charge is 0.306 e. The second kappa shape index (κ2) is 13.4. The van der Waals surface area contributed by atoms with Gasteiger partial charge in [-0.1, -0.05) is 0 Å². The van der Waals surface area contributed by atoms with Gasteiger partial charge in [0.2, 0.25) is 5.82 Å². The van der Waals surface area contributed by atoms with E-state index < -0.39 is 16.4 Å². The summed E-state index contributed by atoms with van der Waals surface area (Å²) >= 11 is 0. The lowest BCUT2D eigenvalue weighted by atomic mass is 10.1. The van der Waals surface area contributed by atoms with E-state index in [0.29, 0.717) is 43.2 Å². The second-order valence-corrected chi connectivity index (χ2v) is 8.14. The Labute approximate surface area is 203 Å². The van der Waals surface area contributed by atoms with Crippen LogP contribution in [-0.2, 0) is 9.47 Å². The zero-order chi connectivity index (χ0) is 26.0. The monoisotopic (exact) mass is 493 g/mol. The number of benzene rings is 2. The predicted molar refractivity (Wildman–Crippen MR) is 132 cm³/mol. The molecule has 2 heterocycles. The Hall–Kier alpha value is -3.51. The number of nitrogen functional groups attached to an aromatic ring is 2. The van der Waals surface area contributed by atoms with Crippen molar-refractivity contribution in [3.8, 4) is 0 Å². The lowest BCUT2D eigenvalue weighted by Gasteiger charge is -2.28. The number of halogens is 1. The Morgan fingerprint density at radius 2 is 1.29 bits per heavy atom. The first-order valence-corrected chi connectivity index (χ1v) is 11.3. The molecule has 12 heteroatoms. The van der Waals surface area contributed by atoms with E-state index in [1.54, 1.807) is 13.0 Å². The van der Waals surface area contributed by atoms with Crippen LogP contribution >= 0.6 is 0 Å². The van der Waals surface area contributed by atoms with Crippen molar-refractivity contribution < 1.29 is 23.7 Å². The van der Waals surface area contributed by atoms with Gasteiger partial charge in [0, 0.05) is 49.8 Å². The van der Waals surface area contributed by atoms with Gasteiger partial charge in [0.1, 0.15) is 5.69 Å². The zero-order valence-corrected chi connectivity index (χ0v) is 20.0. The topological polar surface area (TPSA) is 160 Å². The van der Waals surface area contributed by atoms with Crippen molar-refractivity contribution in [2.45, 2.75) is 33.1 Å². The summed E-state index contributed by atoms with van der Waals surface area (Å²) in [5.74, 6) is -0.855. The summed E-state index contributed by atoms with van der Waals surface area (Å²) in [5.41, 5.74) is 13.2. The summed E-state index contributed by atoms with van der Waals surface area (Å²) < 4.78 is 23.1. The molecule has 0 spiro atoms. The van der Waals surface area contributed by atoms with Crippen molar-refractivity contribution in [1.82, 2.24) is 0 Å². The van der Waals surface area contributed by atoms with E-state index in [4.69, 9.17) is 20.9 Å². The molecule has 2 fully saturated rings. The third-order valence-corrected chi connectivity index (χ3v) is 5.52. The Kier molecular flexibility index (Phi) is 10.6. The van der Waals surface area contributed by atoms with Gasteiger partial charge in [0.25, 0.3) is 5.69 Å². The maximum absolute atomic E-state index is 12.8. The number of nitrogens with zero attached hydrogens (tertiary/aromatic N) is 3. The highest BCUT2D eigenvalue weighted by atomic mass is 19.1. The number of hydrogen-bond donors (Lipinski definition) is 2. The van der Waals surface area contributed by atoms with Crippen molar-refractivity contribution in [3.63, 3.8) is 0 Å². The standard InChI is InChI=1S/C11H15N3O3.C7H7FN2O2.C5H10O/c1-8-6-10(13-2-4-17-5-3-13)11(14(15)16)7-9(8)12;1-4-2-5(8)7(10(11)12)3-6(4)9;1-2-4-6-5-3-1/h6-7H,2-5,12H2,1H3;2-3H,9H2,1H3;1-5H2. The molecule has 4 rings (SSSR count). The van der Waals surface area contributed by atoms with Crippen LogP contribution in [0, 0.1) is 39.9 Å². The normalized spacial score (nSPS) is 15.2. The summed E-state index contributed by atoms with van der Waals surface area (Å²) in [6.45, 7) is 7.97. The van der Waals surface area contributed by atoms with E-state index in [2.05, 4.69) is 0 Å². The molecule has 0 amide bonds. The van der Waals surface area contributed by atoms with E-state index in [1.807, 2.05) is 11.8 Å². The predicted octanol–water partition coefficient (Wildman–Crippen LogP) is 4.13. The van der Waals surface area contributed by atoms with Crippen LogP contribution in [0.25, 0.3) is 0 Å². The van der Waals surface area contributed by atoms with Crippen LogP contribution < -0.4 is 16.4 Å². The summed E-state index contributed by atoms with van der Waals surface area (Å²) in [7, 11) is 0. The van der Waals surface area contributed by atoms with E-state index in [9.17, 15) is 24.6 Å². The van der Waals surface area contributed by atoms with Crippen molar-refractivity contribution in [2.75, 3.05) is 55.9 Å². The Morgan fingerprint density at radius 3 is 1.74 bits per heavy atom. The second-order valence-electron chi connectivity index (χ2n) is 8.14. The van der Waals surface area contributed by atoms with Crippen LogP contribution in [0.15, 0.2) is 24.3 Å². The average Bonchev–Trinajstić information content (AvgIpc) is 2.85. The molecule has 0 saturated carbocycles. The van der Waals surface area contributed by atoms with Gasteiger partial charge >= 0.3 is 5.69 Å². The fraction of sp³-hybridized carbons (Fsp3) is 0.478. The lowest BCUT2D eigenvalue weighted by Crippen LogP contribution is -2.36. The molecule has 192 valence electrons. The largest absolute Gasteiger partial charge is 0.398 e. The maximum atomic E-state index is 12.8. The van der Waals surface area contributed by atoms with Crippen LogP contribution in [0.3, 0.4) is 0 Å². The SMILES string of the molecule is C1CCOCC1.Cc1cc(F)c([N+](=O)[O-])cc1N.Cc1cc(N2CCOCC2)c([N+](=O)[O-])cc1N. The Balaban J connectivity index is 0.000000207. The number of ether oxygens (including phenoxy) is 2. The van der Waals surface area contributed by atoms with Crippen LogP contribution in [0.1, 0.15) is 30.4 Å². The van der Waals surface area contributed by atoms with E-state index >= 15 is 0 Å². The van der Waals surface area contributed by atoms with Crippen LogP contribution in [0.4, 0.5) is 32.8 Å². The van der Waals surface area contributed by atoms with Crippen LogP contribution in [-0.4, -0.2) is 49.4 Å². The molecule has 4 N–H and O–H groups in total. The summed E-state index contributed by atoms with van der Waals surface area (Å²) in [5, 5.41) is 21.2. The van der Waals surface area contributed by atoms with Crippen LogP contribution in [0.2, 0.25) is 0 Å². The molecule has 2 aliphatic heterocycles. The molecular weight excluding hydrogens is 461 g/mol. The molecule has 0 aromatic heterocycles. The van der Waals surface area contributed by atoms with Gasteiger partial charge in [-0.3, -0.25) is 20.2 Å². The van der Waals surface area contributed by atoms with Gasteiger partial charge in [0.05, 0.1) is 23.1 Å². The molecule has 35 heavy (non-hydrogen) atoms. The van der Waals surface area contributed by atoms with Gasteiger partial charge in [-0.15, -0.1) is 0 Å². The summed E-state index contributed by atoms with van der Waals surface area (Å²) in [4.78, 5) is 22.0. The van der Waals surface area contributed by atoms with Gasteiger partial charge < -0.3 is 25.8 Å². The number of nitrogens with two attached hydrogens (primary N) is 2. The van der Waals surface area contributed by atoms with E-state index in [0.717, 1.165) is 30.9 Å². The third-order valence-electron chi connectivity index (χ3n) is 5.52. The first-order chi connectivity index (χ1) is 16.6. The Bertz CT molecular complexity index is 1010. The number of morpholine rings is 1. The van der Waals surface area contributed by atoms with Crippen molar-refractivity contribution in [1.29, 1.82) is 0 Å². The molecule has 2 aromatic rings. The average molecular weight is 494 g/mol. The Morgan fingerprint density at radius 1 is 0.800 bits per heavy atom. The molecule has 11 nitrogen and oxygen atoms in total. The molecule has 0 atom stereocenters. The molecule has 2 saturated heterocycles. The molecule has 0 bridgehead atoms. The third kappa shape index (κ3) is 8.34. The zero-order valence-electron chi connectivity index (χ0n) is 20.0. The maximum Gasteiger partial charge on any atom is 0.306 e. The molecular formula is C23H32FN5O6. The lowest BCUT2D eigenvalue weighted by molar-refractivity contribution is -0.387. The number of nitro benzene ring substituents is 2. The highest BCUT2D eigenvalue weighted by Gasteiger charge is 2.22. The number of anilines is 3.